The molecule has 0 aromatic rings. The molecule has 2 unspecified atom stereocenters. The summed E-state index contributed by atoms with van der Waals surface area (Å²) in [5, 5.41) is 8.88. The van der Waals surface area contributed by atoms with Gasteiger partial charge in [0.25, 0.3) is 0 Å². The van der Waals surface area contributed by atoms with E-state index in [-0.39, 0.29) is 17.9 Å². The first kappa shape index (κ1) is 16.0. The molecule has 5 nitrogen and oxygen atoms in total. The van der Waals surface area contributed by atoms with E-state index in [1.807, 2.05) is 0 Å². The van der Waals surface area contributed by atoms with Gasteiger partial charge < -0.3 is 16.0 Å². The van der Waals surface area contributed by atoms with Gasteiger partial charge in [0.1, 0.15) is 0 Å². The Morgan fingerprint density at radius 3 is 2.68 bits per heavy atom. The second-order valence-corrected chi connectivity index (χ2v) is 5.88. The zero-order valence-electron chi connectivity index (χ0n) is 12.3. The van der Waals surface area contributed by atoms with Crippen LogP contribution in [0.1, 0.15) is 40.0 Å². The Bertz CT molecular complexity index is 305. The number of hydrogen-bond donors (Lipinski definition) is 3. The van der Waals surface area contributed by atoms with E-state index in [0.29, 0.717) is 31.3 Å². The summed E-state index contributed by atoms with van der Waals surface area (Å²) in [6.45, 7) is 8.27. The number of nitrogens with one attached hydrogen (secondary N) is 3. The average molecular weight is 269 g/mol. The highest BCUT2D eigenvalue weighted by atomic mass is 16.2. The molecule has 110 valence electrons. The van der Waals surface area contributed by atoms with Crippen molar-refractivity contribution in [1.82, 2.24) is 16.0 Å². The van der Waals surface area contributed by atoms with Gasteiger partial charge in [0.15, 0.2) is 0 Å². The SMILES string of the molecule is CC(C)CNC(=O)CCNC(=O)C1CC(C)CCN1. The molecule has 1 fully saturated rings. The lowest BCUT2D eigenvalue weighted by Gasteiger charge is -2.27. The maximum atomic E-state index is 11.9. The van der Waals surface area contributed by atoms with Crippen molar-refractivity contribution in [3.63, 3.8) is 0 Å². The van der Waals surface area contributed by atoms with Gasteiger partial charge >= 0.3 is 0 Å². The normalized spacial score (nSPS) is 23.2. The van der Waals surface area contributed by atoms with Crippen LogP contribution in [0, 0.1) is 11.8 Å². The molecule has 0 radical (unpaired) electrons. The summed E-state index contributed by atoms with van der Waals surface area (Å²) >= 11 is 0. The Morgan fingerprint density at radius 2 is 2.05 bits per heavy atom. The van der Waals surface area contributed by atoms with Crippen LogP contribution in [0.3, 0.4) is 0 Å². The molecule has 19 heavy (non-hydrogen) atoms. The molecule has 0 aliphatic carbocycles. The van der Waals surface area contributed by atoms with Gasteiger partial charge in [-0.25, -0.2) is 0 Å². The molecule has 3 N–H and O–H groups in total. The molecule has 1 heterocycles. The van der Waals surface area contributed by atoms with E-state index in [9.17, 15) is 9.59 Å². The summed E-state index contributed by atoms with van der Waals surface area (Å²) < 4.78 is 0. The number of piperidine rings is 1. The van der Waals surface area contributed by atoms with E-state index in [4.69, 9.17) is 0 Å². The Labute approximate surface area is 115 Å². The fourth-order valence-electron chi connectivity index (χ4n) is 2.14. The van der Waals surface area contributed by atoms with Gasteiger partial charge in [-0.1, -0.05) is 20.8 Å². The largest absolute Gasteiger partial charge is 0.356 e. The molecule has 0 bridgehead atoms. The molecule has 1 rings (SSSR count). The molecule has 2 atom stereocenters. The van der Waals surface area contributed by atoms with Crippen LogP contribution >= 0.6 is 0 Å². The molecular formula is C14H27N3O2. The Morgan fingerprint density at radius 1 is 1.32 bits per heavy atom. The lowest BCUT2D eigenvalue weighted by Crippen LogP contribution is -2.48. The number of amides is 2. The third-order valence-electron chi connectivity index (χ3n) is 3.34. The maximum Gasteiger partial charge on any atom is 0.237 e. The predicted molar refractivity (Wildman–Crippen MR) is 75.7 cm³/mol. The van der Waals surface area contributed by atoms with Crippen LogP contribution in [0.2, 0.25) is 0 Å². The second kappa shape index (κ2) is 8.15. The molecule has 0 aromatic carbocycles. The molecular weight excluding hydrogens is 242 g/mol. The van der Waals surface area contributed by atoms with Crippen LogP contribution in [0.15, 0.2) is 0 Å². The van der Waals surface area contributed by atoms with E-state index in [0.717, 1.165) is 19.4 Å². The molecule has 0 spiro atoms. The van der Waals surface area contributed by atoms with Crippen molar-refractivity contribution >= 4 is 11.8 Å². The lowest BCUT2D eigenvalue weighted by molar-refractivity contribution is -0.124. The Balaban J connectivity index is 2.14. The van der Waals surface area contributed by atoms with Crippen molar-refractivity contribution in [2.75, 3.05) is 19.6 Å². The van der Waals surface area contributed by atoms with E-state index in [1.54, 1.807) is 0 Å². The minimum atomic E-state index is -0.0949. The van der Waals surface area contributed by atoms with Crippen LogP contribution in [-0.4, -0.2) is 37.5 Å². The third kappa shape index (κ3) is 6.57. The molecule has 1 saturated heterocycles. The van der Waals surface area contributed by atoms with Crippen LogP contribution in [-0.2, 0) is 9.59 Å². The van der Waals surface area contributed by atoms with Crippen molar-refractivity contribution in [2.24, 2.45) is 11.8 Å². The molecule has 0 saturated carbocycles. The number of hydrogen-bond acceptors (Lipinski definition) is 3. The highest BCUT2D eigenvalue weighted by Crippen LogP contribution is 2.14. The van der Waals surface area contributed by atoms with E-state index in [1.165, 1.54) is 0 Å². The predicted octanol–water partition coefficient (Wildman–Crippen LogP) is 0.653. The molecule has 0 aromatic heterocycles. The van der Waals surface area contributed by atoms with Crippen LogP contribution in [0.4, 0.5) is 0 Å². The average Bonchev–Trinajstić information content (AvgIpc) is 2.36. The van der Waals surface area contributed by atoms with Crippen molar-refractivity contribution in [1.29, 1.82) is 0 Å². The second-order valence-electron chi connectivity index (χ2n) is 5.88. The maximum absolute atomic E-state index is 11.9. The Kier molecular flexibility index (Phi) is 6.84. The summed E-state index contributed by atoms with van der Waals surface area (Å²) in [6.07, 6.45) is 2.35. The fourth-order valence-corrected chi connectivity index (χ4v) is 2.14. The number of carbonyl (C=O) groups excluding carboxylic acids is 2. The van der Waals surface area contributed by atoms with Crippen molar-refractivity contribution in [3.05, 3.63) is 0 Å². The zero-order chi connectivity index (χ0) is 14.3. The summed E-state index contributed by atoms with van der Waals surface area (Å²) in [5.74, 6) is 1.06. The summed E-state index contributed by atoms with van der Waals surface area (Å²) in [7, 11) is 0. The van der Waals surface area contributed by atoms with Gasteiger partial charge in [-0.3, -0.25) is 9.59 Å². The van der Waals surface area contributed by atoms with Gasteiger partial charge in [0.05, 0.1) is 6.04 Å². The minimum absolute atomic E-state index is 0.000952. The highest BCUT2D eigenvalue weighted by molar-refractivity contribution is 5.82. The lowest BCUT2D eigenvalue weighted by atomic mass is 9.94. The summed E-state index contributed by atoms with van der Waals surface area (Å²) in [4.78, 5) is 23.4. The topological polar surface area (TPSA) is 70.2 Å². The van der Waals surface area contributed by atoms with E-state index < -0.39 is 0 Å². The van der Waals surface area contributed by atoms with Gasteiger partial charge in [0, 0.05) is 19.5 Å². The highest BCUT2D eigenvalue weighted by Gasteiger charge is 2.24. The van der Waals surface area contributed by atoms with Crippen molar-refractivity contribution in [2.45, 2.75) is 46.1 Å². The first-order valence-corrected chi connectivity index (χ1v) is 7.26. The smallest absolute Gasteiger partial charge is 0.237 e. The van der Waals surface area contributed by atoms with Gasteiger partial charge in [0.2, 0.25) is 11.8 Å². The van der Waals surface area contributed by atoms with Crippen LogP contribution in [0.5, 0.6) is 0 Å². The van der Waals surface area contributed by atoms with Crippen molar-refractivity contribution in [3.8, 4) is 0 Å². The van der Waals surface area contributed by atoms with Gasteiger partial charge in [-0.15, -0.1) is 0 Å². The Hall–Kier alpha value is -1.10. The summed E-state index contributed by atoms with van der Waals surface area (Å²) in [5.41, 5.74) is 0. The van der Waals surface area contributed by atoms with Crippen molar-refractivity contribution < 1.29 is 9.59 Å². The third-order valence-corrected chi connectivity index (χ3v) is 3.34. The molecule has 5 heteroatoms. The monoisotopic (exact) mass is 269 g/mol. The molecule has 1 aliphatic rings. The van der Waals surface area contributed by atoms with Crippen LogP contribution in [0.25, 0.3) is 0 Å². The molecule has 1 aliphatic heterocycles. The van der Waals surface area contributed by atoms with Gasteiger partial charge in [-0.05, 0) is 31.2 Å². The summed E-state index contributed by atoms with van der Waals surface area (Å²) in [6, 6.07) is -0.0949. The molecule has 2 amide bonds. The minimum Gasteiger partial charge on any atom is -0.356 e. The zero-order valence-corrected chi connectivity index (χ0v) is 12.3. The van der Waals surface area contributed by atoms with E-state index >= 15 is 0 Å². The quantitative estimate of drug-likeness (QED) is 0.663. The fraction of sp³-hybridized carbons (Fsp3) is 0.857. The van der Waals surface area contributed by atoms with Gasteiger partial charge in [-0.2, -0.15) is 0 Å². The first-order chi connectivity index (χ1) is 8.99. The number of carbonyl (C=O) groups is 2. The first-order valence-electron chi connectivity index (χ1n) is 7.26. The van der Waals surface area contributed by atoms with Crippen LogP contribution < -0.4 is 16.0 Å². The van der Waals surface area contributed by atoms with E-state index in [2.05, 4.69) is 36.7 Å². The standard InChI is InChI=1S/C14H27N3O2/c1-10(2)9-17-13(18)5-7-16-14(19)12-8-11(3)4-6-15-12/h10-12,15H,4-9H2,1-3H3,(H,16,19)(H,17,18). The number of rotatable bonds is 6.